The van der Waals surface area contributed by atoms with Crippen LogP contribution in [0.3, 0.4) is 0 Å². The molecule has 0 radical (unpaired) electrons. The fourth-order valence-corrected chi connectivity index (χ4v) is 8.83. The van der Waals surface area contributed by atoms with Crippen LogP contribution in [-0.4, -0.2) is 37.2 Å². The van der Waals surface area contributed by atoms with Crippen molar-refractivity contribution in [2.45, 2.75) is 329 Å². The van der Waals surface area contributed by atoms with Crippen LogP contribution in [0.2, 0.25) is 0 Å². The van der Waals surface area contributed by atoms with Gasteiger partial charge in [-0.2, -0.15) is 0 Å². The van der Waals surface area contributed by atoms with Gasteiger partial charge < -0.3 is 14.2 Å². The maximum Gasteiger partial charge on any atom is 0.306 e. The zero-order chi connectivity index (χ0) is 49.3. The third-order valence-corrected chi connectivity index (χ3v) is 13.3. The van der Waals surface area contributed by atoms with Crippen molar-refractivity contribution in [3.05, 3.63) is 36.5 Å². The van der Waals surface area contributed by atoms with Crippen molar-refractivity contribution in [2.75, 3.05) is 13.2 Å². The van der Waals surface area contributed by atoms with E-state index in [2.05, 4.69) is 57.2 Å². The van der Waals surface area contributed by atoms with Crippen molar-refractivity contribution in [2.24, 2.45) is 0 Å². The molecular formula is C62H114O6. The van der Waals surface area contributed by atoms with E-state index in [4.69, 9.17) is 14.2 Å². The molecule has 0 aromatic heterocycles. The molecule has 0 fully saturated rings. The average Bonchev–Trinajstić information content (AvgIpc) is 3.34. The van der Waals surface area contributed by atoms with Gasteiger partial charge in [-0.3, -0.25) is 14.4 Å². The number of carbonyl (C=O) groups excluding carboxylic acids is 3. The fourth-order valence-electron chi connectivity index (χ4n) is 8.83. The quantitative estimate of drug-likeness (QED) is 0.0262. The number of esters is 3. The largest absolute Gasteiger partial charge is 0.462 e. The Labute approximate surface area is 423 Å². The molecule has 68 heavy (non-hydrogen) atoms. The van der Waals surface area contributed by atoms with Crippen molar-refractivity contribution >= 4 is 17.9 Å². The van der Waals surface area contributed by atoms with Crippen molar-refractivity contribution in [3.63, 3.8) is 0 Å². The molecule has 0 N–H and O–H groups in total. The normalized spacial score (nSPS) is 12.2. The third-order valence-electron chi connectivity index (χ3n) is 13.3. The fraction of sp³-hybridized carbons (Fsp3) is 0.855. The van der Waals surface area contributed by atoms with E-state index in [0.717, 1.165) is 89.9 Å². The van der Waals surface area contributed by atoms with E-state index in [0.29, 0.717) is 19.3 Å². The van der Waals surface area contributed by atoms with E-state index < -0.39 is 6.10 Å². The van der Waals surface area contributed by atoms with Gasteiger partial charge in [0.2, 0.25) is 0 Å². The van der Waals surface area contributed by atoms with Crippen LogP contribution in [0, 0.1) is 0 Å². The van der Waals surface area contributed by atoms with Crippen molar-refractivity contribution in [1.29, 1.82) is 0 Å². The molecule has 0 bridgehead atoms. The number of hydrogen-bond donors (Lipinski definition) is 0. The number of allylic oxidation sites excluding steroid dienone is 6. The van der Waals surface area contributed by atoms with Gasteiger partial charge in [-0.25, -0.2) is 0 Å². The first-order valence-electron chi connectivity index (χ1n) is 30.0. The van der Waals surface area contributed by atoms with E-state index in [-0.39, 0.29) is 31.1 Å². The first kappa shape index (κ1) is 65.6. The molecule has 398 valence electrons. The zero-order valence-corrected chi connectivity index (χ0v) is 45.6. The third kappa shape index (κ3) is 54.6. The Bertz CT molecular complexity index is 1140. The van der Waals surface area contributed by atoms with Gasteiger partial charge in [-0.15, -0.1) is 0 Å². The highest BCUT2D eigenvalue weighted by Crippen LogP contribution is 2.17. The van der Waals surface area contributed by atoms with Gasteiger partial charge >= 0.3 is 17.9 Å². The molecule has 0 heterocycles. The highest BCUT2D eigenvalue weighted by atomic mass is 16.6. The minimum absolute atomic E-state index is 0.0764. The van der Waals surface area contributed by atoms with Crippen LogP contribution < -0.4 is 0 Å². The minimum atomic E-state index is -0.779. The first-order chi connectivity index (χ1) is 33.5. The maximum atomic E-state index is 12.8. The lowest BCUT2D eigenvalue weighted by Gasteiger charge is -2.18. The number of carbonyl (C=O) groups is 3. The van der Waals surface area contributed by atoms with E-state index in [1.54, 1.807) is 0 Å². The van der Waals surface area contributed by atoms with E-state index >= 15 is 0 Å². The molecule has 0 saturated heterocycles. The maximum absolute atomic E-state index is 12.8. The summed E-state index contributed by atoms with van der Waals surface area (Å²) in [4.78, 5) is 38.2. The van der Waals surface area contributed by atoms with Gasteiger partial charge in [-0.05, 0) is 70.6 Å². The average molecular weight is 956 g/mol. The summed E-state index contributed by atoms with van der Waals surface area (Å²) in [5.41, 5.74) is 0. The molecule has 0 aromatic rings. The minimum Gasteiger partial charge on any atom is -0.462 e. The SMILES string of the molecule is CCC/C=C\C/C=C\CCCCCCCC(=O)OCC(COC(=O)CCCCCCCCCCCCCCCCCCCCCCCC)OC(=O)CCCCCCC/C=C\CCCCCCCC. The second-order valence-corrected chi connectivity index (χ2v) is 20.3. The van der Waals surface area contributed by atoms with Crippen LogP contribution in [-0.2, 0) is 28.6 Å². The molecule has 6 nitrogen and oxygen atoms in total. The summed E-state index contributed by atoms with van der Waals surface area (Å²) < 4.78 is 16.9. The molecule has 0 aliphatic carbocycles. The van der Waals surface area contributed by atoms with Crippen LogP contribution in [0.4, 0.5) is 0 Å². The number of hydrogen-bond acceptors (Lipinski definition) is 6. The Kier molecular flexibility index (Phi) is 55.2. The highest BCUT2D eigenvalue weighted by molar-refractivity contribution is 5.71. The van der Waals surface area contributed by atoms with Crippen molar-refractivity contribution in [3.8, 4) is 0 Å². The van der Waals surface area contributed by atoms with Gasteiger partial charge in [0, 0.05) is 19.3 Å². The van der Waals surface area contributed by atoms with Crippen LogP contribution in [0.25, 0.3) is 0 Å². The number of rotatable bonds is 55. The summed E-state index contributed by atoms with van der Waals surface area (Å²) in [6.45, 7) is 6.60. The Morgan fingerprint density at radius 2 is 0.559 bits per heavy atom. The standard InChI is InChI=1S/C62H114O6/c1-4-7-10-13-16-19-22-25-27-28-29-30-31-32-33-35-37-40-43-46-49-52-55-61(64)67-58-59(57-66-60(63)54-51-48-45-42-39-36-24-21-18-15-12-9-6-3)68-62(65)56-53-50-47-44-41-38-34-26-23-20-17-14-11-8-5-2/h12,15,21,24,26,34,59H,4-11,13-14,16-20,22-23,25,27-33,35-58H2,1-3H3/b15-12-,24-21-,34-26-. The lowest BCUT2D eigenvalue weighted by atomic mass is 10.0. The van der Waals surface area contributed by atoms with Crippen LogP contribution in [0.15, 0.2) is 36.5 Å². The number of unbranched alkanes of at least 4 members (excludes halogenated alkanes) is 38. The summed E-state index contributed by atoms with van der Waals surface area (Å²) in [6, 6.07) is 0. The summed E-state index contributed by atoms with van der Waals surface area (Å²) in [5, 5.41) is 0. The topological polar surface area (TPSA) is 78.9 Å². The molecule has 0 saturated carbocycles. The molecule has 0 rings (SSSR count). The Balaban J connectivity index is 4.28. The summed E-state index contributed by atoms with van der Waals surface area (Å²) in [6.07, 6.45) is 68.6. The smallest absolute Gasteiger partial charge is 0.306 e. The van der Waals surface area contributed by atoms with E-state index in [9.17, 15) is 14.4 Å². The number of ether oxygens (including phenoxy) is 3. The molecule has 0 amide bonds. The van der Waals surface area contributed by atoms with Gasteiger partial charge in [0.15, 0.2) is 6.10 Å². The lowest BCUT2D eigenvalue weighted by Crippen LogP contribution is -2.30. The Hall–Kier alpha value is -2.37. The van der Waals surface area contributed by atoms with Crippen LogP contribution >= 0.6 is 0 Å². The van der Waals surface area contributed by atoms with E-state index in [1.165, 1.54) is 193 Å². The highest BCUT2D eigenvalue weighted by Gasteiger charge is 2.19. The van der Waals surface area contributed by atoms with Gasteiger partial charge in [0.05, 0.1) is 0 Å². The second-order valence-electron chi connectivity index (χ2n) is 20.3. The summed E-state index contributed by atoms with van der Waals surface area (Å²) in [5.74, 6) is -0.882. The predicted octanol–water partition coefficient (Wildman–Crippen LogP) is 20.0. The molecule has 1 atom stereocenters. The molecular weight excluding hydrogens is 841 g/mol. The molecule has 0 aliphatic heterocycles. The first-order valence-corrected chi connectivity index (χ1v) is 30.0. The van der Waals surface area contributed by atoms with Gasteiger partial charge in [0.1, 0.15) is 13.2 Å². The Morgan fingerprint density at radius 3 is 0.882 bits per heavy atom. The van der Waals surface area contributed by atoms with Crippen LogP contribution in [0.1, 0.15) is 323 Å². The molecule has 0 spiro atoms. The van der Waals surface area contributed by atoms with Crippen LogP contribution in [0.5, 0.6) is 0 Å². The van der Waals surface area contributed by atoms with Gasteiger partial charge in [-0.1, -0.05) is 269 Å². The molecule has 6 heteroatoms. The lowest BCUT2D eigenvalue weighted by molar-refractivity contribution is -0.167. The predicted molar refractivity (Wildman–Crippen MR) is 293 cm³/mol. The zero-order valence-electron chi connectivity index (χ0n) is 45.6. The van der Waals surface area contributed by atoms with Crippen molar-refractivity contribution in [1.82, 2.24) is 0 Å². The van der Waals surface area contributed by atoms with Gasteiger partial charge in [0.25, 0.3) is 0 Å². The summed E-state index contributed by atoms with van der Waals surface area (Å²) in [7, 11) is 0. The molecule has 0 aromatic carbocycles. The second kappa shape index (κ2) is 57.2. The molecule has 0 aliphatic rings. The Morgan fingerprint density at radius 1 is 0.294 bits per heavy atom. The monoisotopic (exact) mass is 955 g/mol. The van der Waals surface area contributed by atoms with Crippen molar-refractivity contribution < 1.29 is 28.6 Å². The van der Waals surface area contributed by atoms with E-state index in [1.807, 2.05) is 0 Å². The molecule has 1 unspecified atom stereocenters. The summed E-state index contributed by atoms with van der Waals surface area (Å²) >= 11 is 0.